The van der Waals surface area contributed by atoms with Crippen molar-refractivity contribution in [2.45, 2.75) is 38.6 Å². The van der Waals surface area contributed by atoms with E-state index in [1.54, 1.807) is 11.3 Å². The predicted molar refractivity (Wildman–Crippen MR) is 67.3 cm³/mol. The standard InChI is InChI=1S/C12H15N3OS/c1-8-9(15-5-6-17-11(15)13-8)7-12(2)4-3-10(16)14-12/h5-6H,3-4,7H2,1-2H3,(H,14,16). The fourth-order valence-corrected chi connectivity index (χ4v) is 3.29. The molecule has 1 atom stereocenters. The van der Waals surface area contributed by atoms with Crippen LogP contribution < -0.4 is 5.32 Å². The lowest BCUT2D eigenvalue weighted by Gasteiger charge is -2.23. The number of carbonyl (C=O) groups excluding carboxylic acids is 1. The summed E-state index contributed by atoms with van der Waals surface area (Å²) in [5.74, 6) is 0.163. The molecule has 2 aromatic heterocycles. The molecular weight excluding hydrogens is 234 g/mol. The fourth-order valence-electron chi connectivity index (χ4n) is 2.51. The molecule has 0 aromatic carbocycles. The van der Waals surface area contributed by atoms with E-state index < -0.39 is 0 Å². The van der Waals surface area contributed by atoms with Crippen LogP contribution in [0.25, 0.3) is 4.96 Å². The van der Waals surface area contributed by atoms with Gasteiger partial charge in [0.05, 0.1) is 5.69 Å². The summed E-state index contributed by atoms with van der Waals surface area (Å²) in [6.45, 7) is 4.15. The van der Waals surface area contributed by atoms with Gasteiger partial charge in [0, 0.05) is 35.7 Å². The van der Waals surface area contributed by atoms with E-state index in [0.717, 1.165) is 23.5 Å². The number of hydrogen-bond donors (Lipinski definition) is 1. The number of nitrogens with zero attached hydrogens (tertiary/aromatic N) is 2. The van der Waals surface area contributed by atoms with Crippen molar-refractivity contribution in [1.29, 1.82) is 0 Å². The normalized spacial score (nSPS) is 24.5. The van der Waals surface area contributed by atoms with Gasteiger partial charge in [-0.25, -0.2) is 4.98 Å². The summed E-state index contributed by atoms with van der Waals surface area (Å²) >= 11 is 1.64. The van der Waals surface area contributed by atoms with Gasteiger partial charge in [-0.1, -0.05) is 0 Å². The molecule has 4 nitrogen and oxygen atoms in total. The van der Waals surface area contributed by atoms with Crippen LogP contribution in [0.5, 0.6) is 0 Å². The van der Waals surface area contributed by atoms with E-state index >= 15 is 0 Å². The number of nitrogens with one attached hydrogen (secondary N) is 1. The molecule has 3 rings (SSSR count). The molecule has 0 bridgehead atoms. The van der Waals surface area contributed by atoms with Gasteiger partial charge in [0.15, 0.2) is 4.96 Å². The zero-order chi connectivity index (χ0) is 12.0. The molecule has 1 amide bonds. The second kappa shape index (κ2) is 3.57. The number of carbonyl (C=O) groups is 1. The average Bonchev–Trinajstić information content (AvgIpc) is 2.88. The highest BCUT2D eigenvalue weighted by atomic mass is 32.1. The number of imidazole rings is 1. The summed E-state index contributed by atoms with van der Waals surface area (Å²) in [6.07, 6.45) is 4.45. The Morgan fingerprint density at radius 2 is 2.47 bits per heavy atom. The molecule has 5 heteroatoms. The minimum atomic E-state index is -0.111. The van der Waals surface area contributed by atoms with Crippen LogP contribution in [0, 0.1) is 6.92 Å². The average molecular weight is 249 g/mol. The molecule has 0 radical (unpaired) electrons. The number of hydrogen-bond acceptors (Lipinski definition) is 3. The van der Waals surface area contributed by atoms with Gasteiger partial charge >= 0.3 is 0 Å². The van der Waals surface area contributed by atoms with E-state index in [2.05, 4.69) is 27.8 Å². The predicted octanol–water partition coefficient (Wildman–Crippen LogP) is 1.92. The Labute approximate surface area is 104 Å². The van der Waals surface area contributed by atoms with Crippen molar-refractivity contribution < 1.29 is 4.79 Å². The third-order valence-electron chi connectivity index (χ3n) is 3.46. The van der Waals surface area contributed by atoms with E-state index in [4.69, 9.17) is 0 Å². The second-order valence-corrected chi connectivity index (χ2v) is 5.86. The van der Waals surface area contributed by atoms with Gasteiger partial charge < -0.3 is 5.32 Å². The Balaban J connectivity index is 1.96. The van der Waals surface area contributed by atoms with Crippen LogP contribution in [-0.2, 0) is 11.2 Å². The van der Waals surface area contributed by atoms with E-state index in [0.29, 0.717) is 6.42 Å². The van der Waals surface area contributed by atoms with Gasteiger partial charge in [0.2, 0.25) is 5.91 Å². The zero-order valence-corrected chi connectivity index (χ0v) is 10.8. The molecule has 3 heterocycles. The van der Waals surface area contributed by atoms with Crippen molar-refractivity contribution in [1.82, 2.24) is 14.7 Å². The van der Waals surface area contributed by atoms with Gasteiger partial charge in [-0.15, -0.1) is 11.3 Å². The van der Waals surface area contributed by atoms with Crippen molar-refractivity contribution in [2.24, 2.45) is 0 Å². The first-order valence-electron chi connectivity index (χ1n) is 5.79. The van der Waals surface area contributed by atoms with Crippen molar-refractivity contribution in [3.8, 4) is 0 Å². The summed E-state index contributed by atoms with van der Waals surface area (Å²) in [5.41, 5.74) is 2.17. The molecule has 1 aliphatic heterocycles. The summed E-state index contributed by atoms with van der Waals surface area (Å²) < 4.78 is 2.13. The molecular formula is C12H15N3OS. The SMILES string of the molecule is Cc1nc2sccn2c1CC1(C)CCC(=O)N1. The number of amides is 1. The molecule has 1 aliphatic rings. The van der Waals surface area contributed by atoms with Crippen molar-refractivity contribution in [3.05, 3.63) is 23.0 Å². The lowest BCUT2D eigenvalue weighted by atomic mass is 9.93. The molecule has 17 heavy (non-hydrogen) atoms. The quantitative estimate of drug-likeness (QED) is 0.883. The second-order valence-electron chi connectivity index (χ2n) is 4.99. The monoisotopic (exact) mass is 249 g/mol. The number of aryl methyl sites for hydroxylation is 1. The topological polar surface area (TPSA) is 46.4 Å². The third-order valence-corrected chi connectivity index (χ3v) is 4.22. The van der Waals surface area contributed by atoms with Crippen LogP contribution in [0.2, 0.25) is 0 Å². The molecule has 2 aromatic rings. The maximum Gasteiger partial charge on any atom is 0.220 e. The van der Waals surface area contributed by atoms with Crippen LogP contribution >= 0.6 is 11.3 Å². The summed E-state index contributed by atoms with van der Waals surface area (Å²) in [6, 6.07) is 0. The van der Waals surface area contributed by atoms with Gasteiger partial charge in [0.25, 0.3) is 0 Å². The first-order chi connectivity index (χ1) is 8.07. The largest absolute Gasteiger partial charge is 0.351 e. The minimum Gasteiger partial charge on any atom is -0.351 e. The van der Waals surface area contributed by atoms with Crippen LogP contribution in [0.3, 0.4) is 0 Å². The molecule has 0 spiro atoms. The summed E-state index contributed by atoms with van der Waals surface area (Å²) in [4.78, 5) is 16.9. The number of thiazole rings is 1. The number of rotatable bonds is 2. The Morgan fingerprint density at radius 1 is 1.65 bits per heavy atom. The Kier molecular flexibility index (Phi) is 2.26. The molecule has 1 saturated heterocycles. The van der Waals surface area contributed by atoms with E-state index in [9.17, 15) is 4.79 Å². The van der Waals surface area contributed by atoms with E-state index in [1.165, 1.54) is 5.69 Å². The molecule has 90 valence electrons. The lowest BCUT2D eigenvalue weighted by molar-refractivity contribution is -0.119. The van der Waals surface area contributed by atoms with Crippen molar-refractivity contribution in [3.63, 3.8) is 0 Å². The van der Waals surface area contributed by atoms with Gasteiger partial charge in [0.1, 0.15) is 0 Å². The smallest absolute Gasteiger partial charge is 0.220 e. The van der Waals surface area contributed by atoms with Gasteiger partial charge in [-0.3, -0.25) is 9.20 Å². The van der Waals surface area contributed by atoms with Gasteiger partial charge in [-0.2, -0.15) is 0 Å². The van der Waals surface area contributed by atoms with Gasteiger partial charge in [-0.05, 0) is 20.3 Å². The van der Waals surface area contributed by atoms with Crippen LogP contribution in [0.4, 0.5) is 0 Å². The van der Waals surface area contributed by atoms with E-state index in [-0.39, 0.29) is 11.4 Å². The maximum absolute atomic E-state index is 11.4. The first kappa shape index (κ1) is 10.8. The number of aromatic nitrogens is 2. The fraction of sp³-hybridized carbons (Fsp3) is 0.500. The highest BCUT2D eigenvalue weighted by Gasteiger charge is 2.34. The molecule has 1 fully saturated rings. The van der Waals surface area contributed by atoms with E-state index in [1.807, 2.05) is 12.3 Å². The van der Waals surface area contributed by atoms with Crippen LogP contribution in [-0.4, -0.2) is 20.8 Å². The summed E-state index contributed by atoms with van der Waals surface area (Å²) in [7, 11) is 0. The molecule has 1 unspecified atom stereocenters. The molecule has 0 saturated carbocycles. The molecule has 0 aliphatic carbocycles. The Hall–Kier alpha value is -1.36. The Morgan fingerprint density at radius 3 is 3.18 bits per heavy atom. The minimum absolute atomic E-state index is 0.111. The van der Waals surface area contributed by atoms with Crippen molar-refractivity contribution in [2.75, 3.05) is 0 Å². The van der Waals surface area contributed by atoms with Crippen LogP contribution in [0.1, 0.15) is 31.2 Å². The third kappa shape index (κ3) is 1.74. The lowest BCUT2D eigenvalue weighted by Crippen LogP contribution is -2.40. The highest BCUT2D eigenvalue weighted by molar-refractivity contribution is 7.15. The Bertz CT molecular complexity index is 586. The number of fused-ring (bicyclic) bond motifs is 1. The molecule has 1 N–H and O–H groups in total. The maximum atomic E-state index is 11.4. The highest BCUT2D eigenvalue weighted by Crippen LogP contribution is 2.27. The summed E-state index contributed by atoms with van der Waals surface area (Å²) in [5, 5.41) is 5.12. The van der Waals surface area contributed by atoms with Crippen molar-refractivity contribution >= 4 is 22.2 Å². The first-order valence-corrected chi connectivity index (χ1v) is 6.67. The zero-order valence-electron chi connectivity index (χ0n) is 9.99. The van der Waals surface area contributed by atoms with Crippen LogP contribution in [0.15, 0.2) is 11.6 Å².